The number of nitrogens with zero attached hydrogens (tertiary/aromatic N) is 2. The Labute approximate surface area is 220 Å². The molecule has 0 aliphatic carbocycles. The van der Waals surface area contributed by atoms with Crippen LogP contribution < -0.4 is 14.4 Å². The van der Waals surface area contributed by atoms with Crippen LogP contribution in [0.2, 0.25) is 0 Å². The molecule has 4 aromatic rings. The van der Waals surface area contributed by atoms with Crippen molar-refractivity contribution in [3.8, 4) is 11.5 Å². The van der Waals surface area contributed by atoms with Gasteiger partial charge in [-0.2, -0.15) is 0 Å². The molecule has 4 aromatic carbocycles. The van der Waals surface area contributed by atoms with Gasteiger partial charge in [-0.3, -0.25) is 9.59 Å². The van der Waals surface area contributed by atoms with Crippen LogP contribution in [0.1, 0.15) is 22.7 Å². The summed E-state index contributed by atoms with van der Waals surface area (Å²) in [5, 5.41) is 13.4. The third-order valence-corrected chi connectivity index (χ3v) is 7.10. The van der Waals surface area contributed by atoms with E-state index in [1.54, 1.807) is 12.1 Å². The highest BCUT2D eigenvalue weighted by atomic mass is 16.7. The van der Waals surface area contributed by atoms with Gasteiger partial charge >= 0.3 is 0 Å². The van der Waals surface area contributed by atoms with E-state index < -0.39 is 17.7 Å². The molecule has 38 heavy (non-hydrogen) atoms. The van der Waals surface area contributed by atoms with Gasteiger partial charge in [0.05, 0.1) is 11.6 Å². The summed E-state index contributed by atoms with van der Waals surface area (Å²) in [6, 6.07) is 25.6. The van der Waals surface area contributed by atoms with Crippen LogP contribution in [-0.4, -0.2) is 42.6 Å². The van der Waals surface area contributed by atoms with Crippen molar-refractivity contribution < 1.29 is 24.2 Å². The topological polar surface area (TPSA) is 79.3 Å². The quantitative estimate of drug-likeness (QED) is 0.226. The number of aliphatic hydroxyl groups excluding tert-OH is 1. The molecule has 190 valence electrons. The second-order valence-electron chi connectivity index (χ2n) is 9.63. The van der Waals surface area contributed by atoms with Crippen LogP contribution in [0, 0.1) is 0 Å². The molecule has 7 heteroatoms. The number of Topliss-reactive ketones (excluding diaryl/α,β-unsaturated/α-hetero) is 1. The van der Waals surface area contributed by atoms with E-state index in [9.17, 15) is 14.7 Å². The van der Waals surface area contributed by atoms with Gasteiger partial charge in [-0.25, -0.2) is 0 Å². The lowest BCUT2D eigenvalue weighted by Crippen LogP contribution is -2.29. The molecule has 1 amide bonds. The molecular weight excluding hydrogens is 480 g/mol. The van der Waals surface area contributed by atoms with Gasteiger partial charge in [-0.05, 0) is 46.2 Å². The first-order valence-electron chi connectivity index (χ1n) is 12.3. The standard InChI is InChI=1S/C31H26N2O5/c1-32(2)22-13-11-21(12-14-22)28-27(29(34)24-9-5-7-20-6-3-4-8-23(20)24)30(35)31(36)33(28)17-19-10-15-25-26(16-19)38-18-37-25/h3-16,28,34H,17-18H2,1-2H3/b29-27-. The van der Waals surface area contributed by atoms with Crippen LogP contribution in [0.5, 0.6) is 11.5 Å². The molecule has 1 fully saturated rings. The van der Waals surface area contributed by atoms with Crippen LogP contribution in [0.4, 0.5) is 5.69 Å². The molecule has 1 atom stereocenters. The first-order chi connectivity index (χ1) is 18.4. The molecule has 1 N–H and O–H groups in total. The second-order valence-corrected chi connectivity index (χ2v) is 9.63. The van der Waals surface area contributed by atoms with E-state index in [4.69, 9.17) is 9.47 Å². The van der Waals surface area contributed by atoms with Crippen molar-refractivity contribution in [1.29, 1.82) is 0 Å². The monoisotopic (exact) mass is 506 g/mol. The fraction of sp³-hybridized carbons (Fsp3) is 0.161. The summed E-state index contributed by atoms with van der Waals surface area (Å²) in [7, 11) is 3.89. The number of hydrogen-bond donors (Lipinski definition) is 1. The van der Waals surface area contributed by atoms with Gasteiger partial charge in [0.15, 0.2) is 11.5 Å². The Morgan fingerprint density at radius 2 is 1.66 bits per heavy atom. The molecule has 0 aromatic heterocycles. The van der Waals surface area contributed by atoms with Crippen molar-refractivity contribution in [1.82, 2.24) is 4.90 Å². The van der Waals surface area contributed by atoms with Gasteiger partial charge in [-0.15, -0.1) is 0 Å². The lowest BCUT2D eigenvalue weighted by atomic mass is 9.93. The number of ketones is 1. The average molecular weight is 507 g/mol. The average Bonchev–Trinajstić information content (AvgIpc) is 3.50. The predicted octanol–water partition coefficient (Wildman–Crippen LogP) is 5.26. The summed E-state index contributed by atoms with van der Waals surface area (Å²) in [6.45, 7) is 0.306. The maximum absolute atomic E-state index is 13.5. The summed E-state index contributed by atoms with van der Waals surface area (Å²) in [4.78, 5) is 30.5. The third-order valence-electron chi connectivity index (χ3n) is 7.10. The Kier molecular flexibility index (Phi) is 5.76. The Hall–Kier alpha value is -4.78. The predicted molar refractivity (Wildman–Crippen MR) is 145 cm³/mol. The van der Waals surface area contributed by atoms with Crippen LogP contribution in [0.25, 0.3) is 16.5 Å². The van der Waals surface area contributed by atoms with Gasteiger partial charge in [0.1, 0.15) is 5.76 Å². The van der Waals surface area contributed by atoms with E-state index in [0.29, 0.717) is 17.1 Å². The number of hydrogen-bond acceptors (Lipinski definition) is 6. The fourth-order valence-corrected chi connectivity index (χ4v) is 5.16. The molecule has 1 saturated heterocycles. The van der Waals surface area contributed by atoms with E-state index >= 15 is 0 Å². The summed E-state index contributed by atoms with van der Waals surface area (Å²) in [5.74, 6) is -0.316. The normalized spacial score (nSPS) is 17.8. The molecule has 0 spiro atoms. The van der Waals surface area contributed by atoms with Crippen LogP contribution >= 0.6 is 0 Å². The molecule has 1 unspecified atom stereocenters. The molecule has 7 nitrogen and oxygen atoms in total. The van der Waals surface area contributed by atoms with Gasteiger partial charge in [0.25, 0.3) is 11.7 Å². The molecule has 0 radical (unpaired) electrons. The number of likely N-dealkylation sites (tertiary alicyclic amines) is 1. The largest absolute Gasteiger partial charge is 0.507 e. The molecular formula is C31H26N2O5. The summed E-state index contributed by atoms with van der Waals surface area (Å²) >= 11 is 0. The molecule has 0 bridgehead atoms. The van der Waals surface area contributed by atoms with E-state index in [2.05, 4.69) is 0 Å². The van der Waals surface area contributed by atoms with Crippen LogP contribution in [0.15, 0.2) is 90.5 Å². The Balaban J connectivity index is 1.50. The number of carbonyl (C=O) groups is 2. The third kappa shape index (κ3) is 3.93. The van der Waals surface area contributed by atoms with Gasteiger partial charge in [0, 0.05) is 31.9 Å². The zero-order valence-electron chi connectivity index (χ0n) is 21.0. The first kappa shape index (κ1) is 23.6. The van der Waals surface area contributed by atoms with Crippen LogP contribution in [-0.2, 0) is 16.1 Å². The number of aliphatic hydroxyl groups is 1. The van der Waals surface area contributed by atoms with Crippen molar-refractivity contribution in [2.24, 2.45) is 0 Å². The molecule has 6 rings (SSSR count). The smallest absolute Gasteiger partial charge is 0.295 e. The molecule has 2 aliphatic heterocycles. The maximum atomic E-state index is 13.5. The zero-order valence-corrected chi connectivity index (χ0v) is 21.0. The van der Waals surface area contributed by atoms with Crippen molar-refractivity contribution in [2.75, 3.05) is 25.8 Å². The number of rotatable bonds is 5. The summed E-state index contributed by atoms with van der Waals surface area (Å²) < 4.78 is 10.9. The zero-order chi connectivity index (χ0) is 26.4. The van der Waals surface area contributed by atoms with E-state index in [1.807, 2.05) is 91.8 Å². The minimum absolute atomic E-state index is 0.0738. The number of amides is 1. The van der Waals surface area contributed by atoms with Gasteiger partial charge in [0.2, 0.25) is 6.79 Å². The molecule has 0 saturated carbocycles. The van der Waals surface area contributed by atoms with E-state index in [-0.39, 0.29) is 24.7 Å². The Morgan fingerprint density at radius 3 is 2.45 bits per heavy atom. The SMILES string of the molecule is CN(C)c1ccc(C2/C(=C(/O)c3cccc4ccccc34)C(=O)C(=O)N2Cc2ccc3c(c2)OCO3)cc1. The van der Waals surface area contributed by atoms with Crippen molar-refractivity contribution >= 4 is 33.9 Å². The fourth-order valence-electron chi connectivity index (χ4n) is 5.16. The molecule has 2 heterocycles. The van der Waals surface area contributed by atoms with Crippen molar-refractivity contribution in [2.45, 2.75) is 12.6 Å². The minimum atomic E-state index is -0.768. The molecule has 2 aliphatic rings. The van der Waals surface area contributed by atoms with E-state index in [1.165, 1.54) is 4.90 Å². The minimum Gasteiger partial charge on any atom is -0.507 e. The van der Waals surface area contributed by atoms with Crippen molar-refractivity contribution in [3.05, 3.63) is 107 Å². The highest BCUT2D eigenvalue weighted by molar-refractivity contribution is 6.46. The number of benzene rings is 4. The number of fused-ring (bicyclic) bond motifs is 2. The highest BCUT2D eigenvalue weighted by Gasteiger charge is 2.46. The maximum Gasteiger partial charge on any atom is 0.295 e. The number of anilines is 1. The van der Waals surface area contributed by atoms with E-state index in [0.717, 1.165) is 27.6 Å². The highest BCUT2D eigenvalue weighted by Crippen LogP contribution is 2.42. The van der Waals surface area contributed by atoms with Gasteiger partial charge < -0.3 is 24.4 Å². The second kappa shape index (κ2) is 9.27. The van der Waals surface area contributed by atoms with Gasteiger partial charge in [-0.1, -0.05) is 60.7 Å². The van der Waals surface area contributed by atoms with Crippen LogP contribution in [0.3, 0.4) is 0 Å². The Bertz CT molecular complexity index is 1600. The summed E-state index contributed by atoms with van der Waals surface area (Å²) in [6.07, 6.45) is 0. The lowest BCUT2D eigenvalue weighted by Gasteiger charge is -2.26. The summed E-state index contributed by atoms with van der Waals surface area (Å²) in [5.41, 5.74) is 3.09. The lowest BCUT2D eigenvalue weighted by molar-refractivity contribution is -0.140. The number of carbonyl (C=O) groups excluding carboxylic acids is 2. The Morgan fingerprint density at radius 1 is 0.921 bits per heavy atom. The number of ether oxygens (including phenoxy) is 2. The van der Waals surface area contributed by atoms with Crippen molar-refractivity contribution in [3.63, 3.8) is 0 Å². The first-order valence-corrected chi connectivity index (χ1v) is 12.3.